The van der Waals surface area contributed by atoms with E-state index < -0.39 is 18.0 Å². The Hall–Kier alpha value is -3.13. The summed E-state index contributed by atoms with van der Waals surface area (Å²) >= 11 is 0. The molecule has 0 unspecified atom stereocenters. The number of aliphatic hydroxyl groups is 1. The summed E-state index contributed by atoms with van der Waals surface area (Å²) in [5.74, 6) is 0.458. The van der Waals surface area contributed by atoms with Gasteiger partial charge in [0.25, 0.3) is 5.91 Å². The zero-order valence-corrected chi connectivity index (χ0v) is 18.9. The molecule has 2 aromatic carbocycles. The molecule has 2 N–H and O–H groups in total. The number of aromatic nitrogens is 2. The van der Waals surface area contributed by atoms with Crippen molar-refractivity contribution in [1.29, 1.82) is 0 Å². The molecular weight excluding hydrogens is 443 g/mol. The molecule has 3 atom stereocenters. The Morgan fingerprint density at radius 2 is 1.85 bits per heavy atom. The van der Waals surface area contributed by atoms with E-state index in [2.05, 4.69) is 10.2 Å². The molecular formula is C26H28F3N3O2. The minimum absolute atomic E-state index is 0.00311. The lowest BCUT2D eigenvalue weighted by atomic mass is 9.91. The van der Waals surface area contributed by atoms with E-state index in [1.54, 1.807) is 19.2 Å². The summed E-state index contributed by atoms with van der Waals surface area (Å²) in [5.41, 5.74) is 1.78. The lowest BCUT2D eigenvalue weighted by molar-refractivity contribution is -0.141. The van der Waals surface area contributed by atoms with E-state index in [0.29, 0.717) is 11.5 Å². The van der Waals surface area contributed by atoms with Crippen LogP contribution in [0.25, 0.3) is 0 Å². The predicted octanol–water partition coefficient (Wildman–Crippen LogP) is 5.39. The molecule has 1 aliphatic carbocycles. The highest BCUT2D eigenvalue weighted by atomic mass is 19.4. The second-order valence-corrected chi connectivity index (χ2v) is 9.13. The van der Waals surface area contributed by atoms with E-state index in [0.717, 1.165) is 42.9 Å². The number of rotatable bonds is 7. The van der Waals surface area contributed by atoms with E-state index in [-0.39, 0.29) is 24.1 Å². The lowest BCUT2D eigenvalue weighted by Crippen LogP contribution is -2.26. The fourth-order valence-corrected chi connectivity index (χ4v) is 4.76. The number of hydrogen-bond acceptors (Lipinski definition) is 3. The van der Waals surface area contributed by atoms with Gasteiger partial charge in [0, 0.05) is 12.6 Å². The summed E-state index contributed by atoms with van der Waals surface area (Å²) < 4.78 is 38.1. The maximum Gasteiger partial charge on any atom is 0.435 e. The number of H-pyrrole nitrogens is 1. The molecule has 0 spiro atoms. The van der Waals surface area contributed by atoms with Crippen LogP contribution in [0.15, 0.2) is 60.7 Å². The average Bonchev–Trinajstić information content (AvgIpc) is 3.49. The van der Waals surface area contributed by atoms with Crippen LogP contribution in [-0.2, 0) is 19.1 Å². The standard InChI is InChI=1S/C26H28F3N3O2/c1-32(16-22-15-23(31-30-22)26(27,28)29)25(34)20-10-7-17(8-11-20)13-18-9-12-21(14-18)24(33)19-5-3-2-4-6-19/h2-8,10-11,15,18,21,24,33H,9,12-14,16H2,1H3,(H,30,31)/t18-,21-,24+/m0/s1. The second kappa shape index (κ2) is 10.0. The summed E-state index contributed by atoms with van der Waals surface area (Å²) in [6.45, 7) is -0.00311. The monoisotopic (exact) mass is 471 g/mol. The van der Waals surface area contributed by atoms with Crippen molar-refractivity contribution in [2.24, 2.45) is 11.8 Å². The molecule has 180 valence electrons. The molecule has 4 rings (SSSR count). The number of carbonyl (C=O) groups is 1. The topological polar surface area (TPSA) is 69.2 Å². The first-order chi connectivity index (χ1) is 16.2. The fraction of sp³-hybridized carbons (Fsp3) is 0.385. The number of benzene rings is 2. The number of amides is 1. The van der Waals surface area contributed by atoms with Crippen LogP contribution in [0.1, 0.15) is 58.2 Å². The average molecular weight is 472 g/mol. The van der Waals surface area contributed by atoms with Crippen molar-refractivity contribution < 1.29 is 23.1 Å². The van der Waals surface area contributed by atoms with Crippen molar-refractivity contribution in [2.75, 3.05) is 7.05 Å². The number of aliphatic hydroxyl groups excluding tert-OH is 1. The third-order valence-corrected chi connectivity index (χ3v) is 6.57. The van der Waals surface area contributed by atoms with Gasteiger partial charge >= 0.3 is 6.18 Å². The third kappa shape index (κ3) is 5.67. The van der Waals surface area contributed by atoms with Gasteiger partial charge in [-0.2, -0.15) is 18.3 Å². The molecule has 1 fully saturated rings. The number of carbonyl (C=O) groups excluding carboxylic acids is 1. The van der Waals surface area contributed by atoms with Crippen molar-refractivity contribution in [3.05, 3.63) is 88.7 Å². The molecule has 0 bridgehead atoms. The summed E-state index contributed by atoms with van der Waals surface area (Å²) in [5, 5.41) is 16.3. The van der Waals surface area contributed by atoms with Crippen LogP contribution in [0, 0.1) is 11.8 Å². The molecule has 8 heteroatoms. The van der Waals surface area contributed by atoms with Gasteiger partial charge in [0.2, 0.25) is 0 Å². The van der Waals surface area contributed by atoms with Crippen LogP contribution in [0.4, 0.5) is 13.2 Å². The largest absolute Gasteiger partial charge is 0.435 e. The number of halogens is 3. The Morgan fingerprint density at radius 3 is 2.50 bits per heavy atom. The van der Waals surface area contributed by atoms with Gasteiger partial charge in [-0.15, -0.1) is 0 Å². The first kappa shape index (κ1) is 24.0. The minimum Gasteiger partial charge on any atom is -0.388 e. The Morgan fingerprint density at radius 1 is 1.15 bits per heavy atom. The maximum atomic E-state index is 12.7. The number of alkyl halides is 3. The van der Waals surface area contributed by atoms with Crippen molar-refractivity contribution in [3.63, 3.8) is 0 Å². The summed E-state index contributed by atoms with van der Waals surface area (Å²) in [7, 11) is 1.54. The molecule has 5 nitrogen and oxygen atoms in total. The van der Waals surface area contributed by atoms with E-state index in [9.17, 15) is 23.1 Å². The van der Waals surface area contributed by atoms with Gasteiger partial charge < -0.3 is 10.0 Å². The van der Waals surface area contributed by atoms with Gasteiger partial charge in [0.15, 0.2) is 5.69 Å². The van der Waals surface area contributed by atoms with Gasteiger partial charge in [-0.3, -0.25) is 9.89 Å². The van der Waals surface area contributed by atoms with Crippen molar-refractivity contribution in [3.8, 4) is 0 Å². The van der Waals surface area contributed by atoms with Gasteiger partial charge in [-0.1, -0.05) is 42.5 Å². The zero-order chi connectivity index (χ0) is 24.3. The summed E-state index contributed by atoms with van der Waals surface area (Å²) in [6.07, 6.45) is -1.07. The fourth-order valence-electron chi connectivity index (χ4n) is 4.76. The minimum atomic E-state index is -4.52. The first-order valence-electron chi connectivity index (χ1n) is 11.4. The van der Waals surface area contributed by atoms with E-state index in [4.69, 9.17) is 0 Å². The Kier molecular flexibility index (Phi) is 7.07. The van der Waals surface area contributed by atoms with Crippen LogP contribution in [0.5, 0.6) is 0 Å². The van der Waals surface area contributed by atoms with E-state index in [1.165, 1.54) is 4.90 Å². The third-order valence-electron chi connectivity index (χ3n) is 6.57. The first-order valence-corrected chi connectivity index (χ1v) is 11.4. The number of aromatic amines is 1. The van der Waals surface area contributed by atoms with Crippen LogP contribution >= 0.6 is 0 Å². The van der Waals surface area contributed by atoms with Crippen molar-refractivity contribution >= 4 is 5.91 Å². The molecule has 3 aromatic rings. The quantitative estimate of drug-likeness (QED) is 0.485. The molecule has 1 aromatic heterocycles. The second-order valence-electron chi connectivity index (χ2n) is 9.13. The zero-order valence-electron chi connectivity index (χ0n) is 18.9. The van der Waals surface area contributed by atoms with Gasteiger partial charge in [0.05, 0.1) is 18.3 Å². The maximum absolute atomic E-state index is 12.7. The van der Waals surface area contributed by atoms with Crippen LogP contribution in [0.3, 0.4) is 0 Å². The molecule has 1 aliphatic rings. The Labute approximate surface area is 196 Å². The van der Waals surface area contributed by atoms with Crippen LogP contribution in [-0.4, -0.2) is 33.2 Å². The van der Waals surface area contributed by atoms with Gasteiger partial charge in [-0.25, -0.2) is 0 Å². The molecule has 0 radical (unpaired) electrons. The molecule has 1 heterocycles. The highest BCUT2D eigenvalue weighted by Crippen LogP contribution is 2.40. The molecule has 0 aliphatic heterocycles. The molecule has 1 amide bonds. The van der Waals surface area contributed by atoms with E-state index in [1.807, 2.05) is 42.5 Å². The van der Waals surface area contributed by atoms with Crippen molar-refractivity contribution in [2.45, 2.75) is 44.5 Å². The molecule has 34 heavy (non-hydrogen) atoms. The molecule has 0 saturated heterocycles. The number of nitrogens with one attached hydrogen (secondary N) is 1. The smallest absolute Gasteiger partial charge is 0.388 e. The Balaban J connectivity index is 1.30. The summed E-state index contributed by atoms with van der Waals surface area (Å²) in [4.78, 5) is 14.1. The number of hydrogen-bond donors (Lipinski definition) is 2. The van der Waals surface area contributed by atoms with Crippen LogP contribution in [0.2, 0.25) is 0 Å². The summed E-state index contributed by atoms with van der Waals surface area (Å²) in [6, 6.07) is 18.1. The Bertz CT molecular complexity index is 1100. The lowest BCUT2D eigenvalue weighted by Gasteiger charge is -2.19. The number of nitrogens with zero attached hydrogens (tertiary/aromatic N) is 2. The highest BCUT2D eigenvalue weighted by molar-refractivity contribution is 5.94. The highest BCUT2D eigenvalue weighted by Gasteiger charge is 2.34. The van der Waals surface area contributed by atoms with Crippen molar-refractivity contribution in [1.82, 2.24) is 15.1 Å². The van der Waals surface area contributed by atoms with E-state index >= 15 is 0 Å². The van der Waals surface area contributed by atoms with Crippen LogP contribution < -0.4 is 0 Å². The molecule has 1 saturated carbocycles. The normalized spacial score (nSPS) is 19.2. The predicted molar refractivity (Wildman–Crippen MR) is 122 cm³/mol. The van der Waals surface area contributed by atoms with Gasteiger partial charge in [0.1, 0.15) is 0 Å². The van der Waals surface area contributed by atoms with Gasteiger partial charge in [-0.05, 0) is 66.8 Å². The SMILES string of the molecule is CN(Cc1cc(C(F)(F)F)n[nH]1)C(=O)c1ccc(C[C@@H]2CC[C@H]([C@H](O)c3ccccc3)C2)cc1.